The summed E-state index contributed by atoms with van der Waals surface area (Å²) in [5, 5.41) is 2.78. The predicted octanol–water partition coefficient (Wildman–Crippen LogP) is 3.27. The van der Waals surface area contributed by atoms with Crippen LogP contribution in [0.3, 0.4) is 0 Å². The lowest BCUT2D eigenvalue weighted by Gasteiger charge is -2.23. The maximum absolute atomic E-state index is 12.1. The van der Waals surface area contributed by atoms with Crippen molar-refractivity contribution in [2.24, 2.45) is 0 Å². The second-order valence-corrected chi connectivity index (χ2v) is 3.98. The van der Waals surface area contributed by atoms with Crippen molar-refractivity contribution in [1.82, 2.24) is 5.32 Å². The van der Waals surface area contributed by atoms with Crippen LogP contribution >= 0.6 is 0 Å². The maximum Gasteiger partial charge on any atom is 0.423 e. The van der Waals surface area contributed by atoms with Gasteiger partial charge < -0.3 is 10.1 Å². The number of halogens is 6. The molecule has 0 aliphatic carbocycles. The van der Waals surface area contributed by atoms with Gasteiger partial charge in [0.15, 0.2) is 0 Å². The van der Waals surface area contributed by atoms with Crippen LogP contribution in [0.15, 0.2) is 0 Å². The molecule has 2 nitrogen and oxygen atoms in total. The molecule has 0 aromatic carbocycles. The Balaban J connectivity index is 4.07. The van der Waals surface area contributed by atoms with Gasteiger partial charge in [0.2, 0.25) is 6.10 Å². The van der Waals surface area contributed by atoms with Gasteiger partial charge in [0, 0.05) is 12.6 Å². The van der Waals surface area contributed by atoms with Crippen molar-refractivity contribution in [3.63, 3.8) is 0 Å². The highest BCUT2D eigenvalue weighted by molar-refractivity contribution is 4.76. The highest BCUT2D eigenvalue weighted by atomic mass is 19.4. The van der Waals surface area contributed by atoms with Crippen molar-refractivity contribution in [2.45, 2.75) is 51.2 Å². The lowest BCUT2D eigenvalue weighted by molar-refractivity contribution is -0.321. The van der Waals surface area contributed by atoms with Gasteiger partial charge in [-0.1, -0.05) is 13.3 Å². The van der Waals surface area contributed by atoms with Gasteiger partial charge in [-0.2, -0.15) is 26.3 Å². The third-order valence-electron chi connectivity index (χ3n) is 2.20. The van der Waals surface area contributed by atoms with Gasteiger partial charge >= 0.3 is 12.4 Å². The zero-order valence-electron chi connectivity index (χ0n) is 10.2. The number of ether oxygens (including phenoxy) is 1. The first-order valence-corrected chi connectivity index (χ1v) is 5.57. The molecular formula is C10H17F6NO. The van der Waals surface area contributed by atoms with Crippen molar-refractivity contribution in [2.75, 3.05) is 13.2 Å². The Kier molecular flexibility index (Phi) is 6.98. The van der Waals surface area contributed by atoms with Gasteiger partial charge in [-0.3, -0.25) is 0 Å². The van der Waals surface area contributed by atoms with Crippen molar-refractivity contribution in [1.29, 1.82) is 0 Å². The highest BCUT2D eigenvalue weighted by Gasteiger charge is 2.57. The first-order valence-electron chi connectivity index (χ1n) is 5.57. The number of alkyl halides is 6. The summed E-state index contributed by atoms with van der Waals surface area (Å²) in [4.78, 5) is 0. The molecule has 0 amide bonds. The molecule has 110 valence electrons. The Labute approximate surface area is 102 Å². The van der Waals surface area contributed by atoms with Crippen LogP contribution in [0.5, 0.6) is 0 Å². The average molecular weight is 281 g/mol. The van der Waals surface area contributed by atoms with Crippen LogP contribution in [0.4, 0.5) is 26.3 Å². The fraction of sp³-hybridized carbons (Fsp3) is 1.00. The first kappa shape index (κ1) is 17.5. The van der Waals surface area contributed by atoms with Crippen LogP contribution in [0.25, 0.3) is 0 Å². The van der Waals surface area contributed by atoms with E-state index in [9.17, 15) is 26.3 Å². The van der Waals surface area contributed by atoms with E-state index in [1.807, 2.05) is 6.92 Å². The van der Waals surface area contributed by atoms with E-state index in [2.05, 4.69) is 10.1 Å². The van der Waals surface area contributed by atoms with Crippen molar-refractivity contribution < 1.29 is 31.1 Å². The predicted molar refractivity (Wildman–Crippen MR) is 54.2 cm³/mol. The van der Waals surface area contributed by atoms with E-state index in [0.29, 0.717) is 0 Å². The van der Waals surface area contributed by atoms with Gasteiger partial charge in [-0.15, -0.1) is 0 Å². The van der Waals surface area contributed by atoms with Gasteiger partial charge in [-0.25, -0.2) is 0 Å². The summed E-state index contributed by atoms with van der Waals surface area (Å²) in [5.74, 6) is 0. The molecule has 0 heterocycles. The molecule has 1 atom stereocenters. The third kappa shape index (κ3) is 7.05. The van der Waals surface area contributed by atoms with E-state index in [0.717, 1.165) is 12.8 Å². The van der Waals surface area contributed by atoms with Crippen molar-refractivity contribution >= 4 is 0 Å². The van der Waals surface area contributed by atoms with Crippen LogP contribution in [-0.4, -0.2) is 37.7 Å². The summed E-state index contributed by atoms with van der Waals surface area (Å²) in [6.07, 6.45) is -12.9. The monoisotopic (exact) mass is 281 g/mol. The molecule has 0 saturated carbocycles. The molecule has 8 heteroatoms. The minimum absolute atomic E-state index is 0.0359. The number of hydrogen-bond acceptors (Lipinski definition) is 2. The van der Waals surface area contributed by atoms with E-state index < -0.39 is 25.1 Å². The standard InChI is InChI=1S/C10H17F6NO/c1-3-4-7(2)17-5-6-18-8(9(11,12)13)10(14,15)16/h7-8,17H,3-6H2,1-2H3. The zero-order valence-corrected chi connectivity index (χ0v) is 10.2. The van der Waals surface area contributed by atoms with E-state index in [1.54, 1.807) is 6.92 Å². The summed E-state index contributed by atoms with van der Waals surface area (Å²) < 4.78 is 76.2. The lowest BCUT2D eigenvalue weighted by atomic mass is 10.2. The van der Waals surface area contributed by atoms with Gasteiger partial charge in [0.05, 0.1) is 6.61 Å². The van der Waals surface area contributed by atoms with E-state index in [4.69, 9.17) is 0 Å². The molecule has 0 fully saturated rings. The third-order valence-corrected chi connectivity index (χ3v) is 2.20. The fourth-order valence-corrected chi connectivity index (χ4v) is 1.39. The van der Waals surface area contributed by atoms with Crippen molar-refractivity contribution in [3.8, 4) is 0 Å². The first-order chi connectivity index (χ1) is 8.09. The Morgan fingerprint density at radius 3 is 1.94 bits per heavy atom. The highest BCUT2D eigenvalue weighted by Crippen LogP contribution is 2.35. The van der Waals surface area contributed by atoms with E-state index in [-0.39, 0.29) is 12.6 Å². The van der Waals surface area contributed by atoms with Crippen LogP contribution in [-0.2, 0) is 4.74 Å². The summed E-state index contributed by atoms with van der Waals surface area (Å²) in [7, 11) is 0. The largest absolute Gasteiger partial charge is 0.423 e. The second-order valence-electron chi connectivity index (χ2n) is 3.98. The molecule has 1 unspecified atom stereocenters. The normalized spacial score (nSPS) is 15.2. The van der Waals surface area contributed by atoms with Crippen molar-refractivity contribution in [3.05, 3.63) is 0 Å². The summed E-state index contributed by atoms with van der Waals surface area (Å²) in [5.41, 5.74) is 0. The van der Waals surface area contributed by atoms with Gasteiger partial charge in [0.25, 0.3) is 0 Å². The Bertz CT molecular complexity index is 213. The molecule has 0 aromatic rings. The Morgan fingerprint density at radius 2 is 1.56 bits per heavy atom. The molecule has 0 radical (unpaired) electrons. The summed E-state index contributed by atoms with van der Waals surface area (Å²) in [6.45, 7) is 3.04. The zero-order chi connectivity index (χ0) is 14.4. The minimum atomic E-state index is -5.44. The quantitative estimate of drug-likeness (QED) is 0.571. The molecule has 1 N–H and O–H groups in total. The molecule has 0 aromatic heterocycles. The van der Waals surface area contributed by atoms with Crippen LogP contribution in [0.2, 0.25) is 0 Å². The fourth-order valence-electron chi connectivity index (χ4n) is 1.39. The minimum Gasteiger partial charge on any atom is -0.360 e. The molecule has 0 bridgehead atoms. The number of nitrogens with one attached hydrogen (secondary N) is 1. The Morgan fingerprint density at radius 1 is 1.06 bits per heavy atom. The molecule has 0 rings (SSSR count). The molecule has 0 aliphatic heterocycles. The molecular weight excluding hydrogens is 264 g/mol. The van der Waals surface area contributed by atoms with Gasteiger partial charge in [0.1, 0.15) is 0 Å². The summed E-state index contributed by atoms with van der Waals surface area (Å²) >= 11 is 0. The molecule has 18 heavy (non-hydrogen) atoms. The second kappa shape index (κ2) is 7.18. The van der Waals surface area contributed by atoms with Crippen LogP contribution in [0.1, 0.15) is 26.7 Å². The topological polar surface area (TPSA) is 21.3 Å². The summed E-state index contributed by atoms with van der Waals surface area (Å²) in [6, 6.07) is 0.0359. The smallest absolute Gasteiger partial charge is 0.360 e. The molecule has 0 spiro atoms. The van der Waals surface area contributed by atoms with Crippen LogP contribution < -0.4 is 5.32 Å². The lowest BCUT2D eigenvalue weighted by Crippen LogP contribution is -2.45. The molecule has 0 aliphatic rings. The SMILES string of the molecule is CCCC(C)NCCOC(C(F)(F)F)C(F)(F)F. The van der Waals surface area contributed by atoms with Gasteiger partial charge in [-0.05, 0) is 13.3 Å². The molecule has 0 saturated heterocycles. The average Bonchev–Trinajstić information content (AvgIpc) is 2.13. The Hall–Kier alpha value is -0.500. The maximum atomic E-state index is 12.1. The van der Waals surface area contributed by atoms with E-state index in [1.165, 1.54) is 0 Å². The van der Waals surface area contributed by atoms with Crippen LogP contribution in [0, 0.1) is 0 Å². The number of rotatable bonds is 7. The number of hydrogen-bond donors (Lipinski definition) is 1. The van der Waals surface area contributed by atoms with E-state index >= 15 is 0 Å².